The molecule has 2 aromatic rings. The number of amides is 1. The van der Waals surface area contributed by atoms with Gasteiger partial charge >= 0.3 is 0 Å². The SMILES string of the molecule is O=C(N[C@@H]1C2CCN(CC2)C12CC2)c1cc2ccc(C3CCOCC3)cc2s1. The predicted octanol–water partition coefficient (Wildman–Crippen LogP) is 4.15. The van der Waals surface area contributed by atoms with Gasteiger partial charge in [-0.25, -0.2) is 0 Å². The summed E-state index contributed by atoms with van der Waals surface area (Å²) >= 11 is 1.66. The molecule has 1 aliphatic carbocycles. The van der Waals surface area contributed by atoms with Crippen LogP contribution < -0.4 is 5.32 Å². The quantitative estimate of drug-likeness (QED) is 0.847. The van der Waals surface area contributed by atoms with Crippen LogP contribution >= 0.6 is 11.3 Å². The molecule has 1 amide bonds. The first-order valence-electron chi connectivity index (χ1n) is 10.9. The van der Waals surface area contributed by atoms with Crippen molar-refractivity contribution in [2.45, 2.75) is 56.0 Å². The molecule has 5 heterocycles. The maximum absolute atomic E-state index is 13.1. The van der Waals surface area contributed by atoms with Crippen molar-refractivity contribution in [1.82, 2.24) is 10.2 Å². The molecule has 7 rings (SSSR count). The Bertz CT molecular complexity index is 904. The minimum absolute atomic E-state index is 0.138. The summed E-state index contributed by atoms with van der Waals surface area (Å²) in [6.07, 6.45) is 7.21. The van der Waals surface area contributed by atoms with E-state index < -0.39 is 0 Å². The summed E-state index contributed by atoms with van der Waals surface area (Å²) in [7, 11) is 0. The van der Waals surface area contributed by atoms with Crippen LogP contribution in [0.25, 0.3) is 10.1 Å². The molecule has 1 atom stereocenters. The Labute approximate surface area is 170 Å². The van der Waals surface area contributed by atoms with Crippen molar-refractivity contribution in [3.05, 3.63) is 34.7 Å². The molecule has 1 N–H and O–H groups in total. The summed E-state index contributed by atoms with van der Waals surface area (Å²) in [5.74, 6) is 1.41. The van der Waals surface area contributed by atoms with E-state index in [0.29, 0.717) is 23.4 Å². The molecule has 28 heavy (non-hydrogen) atoms. The number of benzene rings is 1. The summed E-state index contributed by atoms with van der Waals surface area (Å²) in [5, 5.41) is 4.67. The lowest BCUT2D eigenvalue weighted by Gasteiger charge is -2.52. The number of hydrogen-bond acceptors (Lipinski definition) is 4. The lowest BCUT2D eigenvalue weighted by Crippen LogP contribution is -2.65. The summed E-state index contributed by atoms with van der Waals surface area (Å²) < 4.78 is 6.75. The van der Waals surface area contributed by atoms with Gasteiger partial charge < -0.3 is 10.1 Å². The number of carbonyl (C=O) groups is 1. The van der Waals surface area contributed by atoms with Crippen molar-refractivity contribution < 1.29 is 9.53 Å². The largest absolute Gasteiger partial charge is 0.381 e. The zero-order valence-corrected chi connectivity index (χ0v) is 17.1. The average molecular weight is 397 g/mol. The zero-order chi connectivity index (χ0) is 18.7. The van der Waals surface area contributed by atoms with E-state index in [1.165, 1.54) is 54.4 Å². The standard InChI is InChI=1S/C23H28N2O2S/c26-22(24-21-16-3-9-25(10-4-16)23(21)7-8-23)20-14-18-2-1-17(13-19(18)28-20)15-5-11-27-12-6-15/h1-2,13-16,21H,3-12H2,(H,24,26)/t21-/m1/s1. The fraction of sp³-hybridized carbons (Fsp3) is 0.609. The molecule has 1 aromatic carbocycles. The number of rotatable bonds is 3. The Hall–Kier alpha value is -1.43. The number of ether oxygens (including phenoxy) is 1. The van der Waals surface area contributed by atoms with E-state index in [-0.39, 0.29) is 5.91 Å². The van der Waals surface area contributed by atoms with Crippen LogP contribution in [0.4, 0.5) is 0 Å². The second-order valence-electron chi connectivity index (χ2n) is 9.17. The number of nitrogens with one attached hydrogen (secondary N) is 1. The Morgan fingerprint density at radius 2 is 1.89 bits per heavy atom. The number of piperidine rings is 3. The molecule has 5 heteroatoms. The number of carbonyl (C=O) groups excluding carboxylic acids is 1. The number of nitrogens with zero attached hydrogens (tertiary/aromatic N) is 1. The molecule has 1 spiro atoms. The lowest BCUT2D eigenvalue weighted by atomic mass is 9.77. The minimum Gasteiger partial charge on any atom is -0.381 e. The van der Waals surface area contributed by atoms with Crippen LogP contribution in [0.3, 0.4) is 0 Å². The summed E-state index contributed by atoms with van der Waals surface area (Å²) in [6, 6.07) is 9.20. The summed E-state index contributed by atoms with van der Waals surface area (Å²) in [6.45, 7) is 4.19. The highest BCUT2D eigenvalue weighted by Gasteiger charge is 2.60. The van der Waals surface area contributed by atoms with Crippen molar-refractivity contribution in [2.24, 2.45) is 5.92 Å². The van der Waals surface area contributed by atoms with Crippen molar-refractivity contribution in [3.63, 3.8) is 0 Å². The molecule has 148 valence electrons. The van der Waals surface area contributed by atoms with Crippen molar-refractivity contribution in [3.8, 4) is 0 Å². The van der Waals surface area contributed by atoms with Crippen LogP contribution in [0.1, 0.15) is 59.7 Å². The van der Waals surface area contributed by atoms with E-state index in [4.69, 9.17) is 4.74 Å². The maximum atomic E-state index is 13.1. The van der Waals surface area contributed by atoms with E-state index in [0.717, 1.165) is 30.9 Å². The van der Waals surface area contributed by atoms with E-state index in [1.807, 2.05) is 0 Å². The zero-order valence-electron chi connectivity index (χ0n) is 16.3. The van der Waals surface area contributed by atoms with Gasteiger partial charge in [-0.3, -0.25) is 9.69 Å². The fourth-order valence-corrected chi connectivity index (χ4v) is 6.99. The molecule has 1 aromatic heterocycles. The Morgan fingerprint density at radius 1 is 1.11 bits per heavy atom. The smallest absolute Gasteiger partial charge is 0.261 e. The van der Waals surface area contributed by atoms with Gasteiger partial charge in [0.05, 0.1) is 10.9 Å². The second kappa shape index (κ2) is 6.54. The van der Waals surface area contributed by atoms with E-state index in [1.54, 1.807) is 11.3 Å². The van der Waals surface area contributed by atoms with Crippen LogP contribution in [0.15, 0.2) is 24.3 Å². The molecular weight excluding hydrogens is 368 g/mol. The van der Waals surface area contributed by atoms with Gasteiger partial charge in [-0.15, -0.1) is 11.3 Å². The third kappa shape index (κ3) is 2.74. The fourth-order valence-electron chi connectivity index (χ4n) is 5.98. The van der Waals surface area contributed by atoms with Gasteiger partial charge in [0, 0.05) is 23.5 Å². The highest BCUT2D eigenvalue weighted by molar-refractivity contribution is 7.20. The molecule has 4 aliphatic heterocycles. The summed E-state index contributed by atoms with van der Waals surface area (Å²) in [5.41, 5.74) is 1.70. The van der Waals surface area contributed by atoms with E-state index in [9.17, 15) is 4.79 Å². The Kier molecular flexibility index (Phi) is 4.07. The van der Waals surface area contributed by atoms with E-state index >= 15 is 0 Å². The summed E-state index contributed by atoms with van der Waals surface area (Å²) in [4.78, 5) is 16.6. The first kappa shape index (κ1) is 17.4. The minimum atomic E-state index is 0.138. The van der Waals surface area contributed by atoms with Crippen molar-refractivity contribution in [1.29, 1.82) is 0 Å². The van der Waals surface area contributed by atoms with Gasteiger partial charge in [0.15, 0.2) is 0 Å². The van der Waals surface area contributed by atoms with Crippen LogP contribution in [0.2, 0.25) is 0 Å². The normalized spacial score (nSPS) is 31.4. The third-order valence-electron chi connectivity index (χ3n) is 7.73. The number of fused-ring (bicyclic) bond motifs is 3. The van der Waals surface area contributed by atoms with Crippen LogP contribution in [-0.2, 0) is 4.74 Å². The van der Waals surface area contributed by atoms with Crippen molar-refractivity contribution >= 4 is 27.3 Å². The third-order valence-corrected chi connectivity index (χ3v) is 8.83. The average Bonchev–Trinajstić information content (AvgIpc) is 3.40. The molecule has 1 saturated carbocycles. The second-order valence-corrected chi connectivity index (χ2v) is 10.3. The maximum Gasteiger partial charge on any atom is 0.261 e. The molecule has 5 fully saturated rings. The monoisotopic (exact) mass is 396 g/mol. The Morgan fingerprint density at radius 3 is 2.64 bits per heavy atom. The lowest BCUT2D eigenvalue weighted by molar-refractivity contribution is -0.00138. The molecule has 5 aliphatic rings. The highest BCUT2D eigenvalue weighted by atomic mass is 32.1. The molecule has 0 unspecified atom stereocenters. The van der Waals surface area contributed by atoms with Crippen molar-refractivity contribution in [2.75, 3.05) is 26.3 Å². The first-order valence-corrected chi connectivity index (χ1v) is 11.7. The molecular formula is C23H28N2O2S. The Balaban J connectivity index is 1.23. The predicted molar refractivity (Wildman–Crippen MR) is 112 cm³/mol. The van der Waals surface area contributed by atoms with Gasteiger partial charge in [-0.2, -0.15) is 0 Å². The topological polar surface area (TPSA) is 41.6 Å². The van der Waals surface area contributed by atoms with Gasteiger partial charge in [0.25, 0.3) is 5.91 Å². The molecule has 4 saturated heterocycles. The molecule has 4 nitrogen and oxygen atoms in total. The van der Waals surface area contributed by atoms with Gasteiger partial charge in [-0.05, 0) is 86.5 Å². The highest BCUT2D eigenvalue weighted by Crippen LogP contribution is 2.53. The first-order chi connectivity index (χ1) is 13.7. The van der Waals surface area contributed by atoms with Crippen LogP contribution in [-0.4, -0.2) is 48.7 Å². The van der Waals surface area contributed by atoms with Gasteiger partial charge in [-0.1, -0.05) is 12.1 Å². The molecule has 2 bridgehead atoms. The number of thiophene rings is 1. The van der Waals surface area contributed by atoms with Gasteiger partial charge in [0.2, 0.25) is 0 Å². The van der Waals surface area contributed by atoms with Gasteiger partial charge in [0.1, 0.15) is 0 Å². The van der Waals surface area contributed by atoms with Crippen LogP contribution in [0.5, 0.6) is 0 Å². The van der Waals surface area contributed by atoms with Crippen LogP contribution in [0, 0.1) is 5.92 Å². The molecule has 0 radical (unpaired) electrons. The number of hydrogen-bond donors (Lipinski definition) is 1. The van der Waals surface area contributed by atoms with E-state index in [2.05, 4.69) is 34.5 Å².